The van der Waals surface area contributed by atoms with Gasteiger partial charge in [0.2, 0.25) is 11.8 Å². The van der Waals surface area contributed by atoms with Crippen molar-refractivity contribution in [3.8, 4) is 5.88 Å². The van der Waals surface area contributed by atoms with Gasteiger partial charge in [-0.2, -0.15) is 13.2 Å². The molecule has 2 amide bonds. The zero-order chi connectivity index (χ0) is 19.3. The van der Waals surface area contributed by atoms with E-state index >= 15 is 0 Å². The van der Waals surface area contributed by atoms with Gasteiger partial charge in [0, 0.05) is 18.9 Å². The van der Waals surface area contributed by atoms with Crippen molar-refractivity contribution in [1.82, 2.24) is 15.1 Å². The molecule has 1 heterocycles. The van der Waals surface area contributed by atoms with Crippen molar-refractivity contribution in [3.05, 3.63) is 41.6 Å². The van der Waals surface area contributed by atoms with E-state index in [4.69, 9.17) is 4.74 Å². The number of rotatable bonds is 6. The van der Waals surface area contributed by atoms with Gasteiger partial charge in [0.05, 0.1) is 13.5 Å². The Labute approximate surface area is 147 Å². The van der Waals surface area contributed by atoms with Crippen LogP contribution in [0.5, 0.6) is 5.88 Å². The maximum Gasteiger partial charge on any atom is 0.405 e. The number of alkyl halides is 3. The van der Waals surface area contributed by atoms with Crippen LogP contribution in [-0.4, -0.2) is 41.4 Å². The molecule has 2 N–H and O–H groups in total. The van der Waals surface area contributed by atoms with E-state index in [0.29, 0.717) is 11.3 Å². The first-order chi connectivity index (χ1) is 12.2. The van der Waals surface area contributed by atoms with Crippen molar-refractivity contribution >= 4 is 17.5 Å². The zero-order valence-electron chi connectivity index (χ0n) is 14.1. The van der Waals surface area contributed by atoms with E-state index in [0.717, 1.165) is 0 Å². The molecule has 10 heteroatoms. The van der Waals surface area contributed by atoms with Crippen LogP contribution < -0.4 is 15.4 Å². The first-order valence-electron chi connectivity index (χ1n) is 7.49. The molecule has 1 aromatic heterocycles. The molecule has 0 spiro atoms. The van der Waals surface area contributed by atoms with Crippen LogP contribution in [-0.2, 0) is 18.3 Å². The van der Waals surface area contributed by atoms with Crippen molar-refractivity contribution < 1.29 is 27.5 Å². The minimum atomic E-state index is -4.45. The summed E-state index contributed by atoms with van der Waals surface area (Å²) in [6.07, 6.45) is -3.13. The summed E-state index contributed by atoms with van der Waals surface area (Å²) in [5.41, 5.74) is 1.23. The van der Waals surface area contributed by atoms with Crippen molar-refractivity contribution in [1.29, 1.82) is 0 Å². The Morgan fingerprint density at radius 1 is 1.23 bits per heavy atom. The summed E-state index contributed by atoms with van der Waals surface area (Å²) in [5.74, 6) is -0.979. The minimum absolute atomic E-state index is 0.183. The first kappa shape index (κ1) is 19.3. The van der Waals surface area contributed by atoms with E-state index in [2.05, 4.69) is 10.4 Å². The Kier molecular flexibility index (Phi) is 5.86. The highest BCUT2D eigenvalue weighted by atomic mass is 19.4. The summed E-state index contributed by atoms with van der Waals surface area (Å²) < 4.78 is 42.6. The predicted octanol–water partition coefficient (Wildman–Crippen LogP) is 1.90. The van der Waals surface area contributed by atoms with E-state index in [1.807, 2.05) is 0 Å². The van der Waals surface area contributed by atoms with Gasteiger partial charge in [-0.1, -0.05) is 12.1 Å². The number of aromatic nitrogens is 2. The van der Waals surface area contributed by atoms with Crippen molar-refractivity contribution in [2.24, 2.45) is 7.05 Å². The molecule has 0 atom stereocenters. The summed E-state index contributed by atoms with van der Waals surface area (Å²) in [6.45, 7) is -1.37. The number of amides is 2. The highest BCUT2D eigenvalue weighted by Crippen LogP contribution is 2.18. The van der Waals surface area contributed by atoms with Crippen LogP contribution in [0, 0.1) is 0 Å². The number of hydrogen-bond donors (Lipinski definition) is 2. The highest BCUT2D eigenvalue weighted by Gasteiger charge is 2.27. The van der Waals surface area contributed by atoms with E-state index in [1.165, 1.54) is 18.0 Å². The van der Waals surface area contributed by atoms with Gasteiger partial charge >= 0.3 is 6.18 Å². The van der Waals surface area contributed by atoms with Crippen molar-refractivity contribution in [2.75, 3.05) is 19.0 Å². The number of carbonyl (C=O) groups is 2. The van der Waals surface area contributed by atoms with Crippen LogP contribution in [0.3, 0.4) is 0 Å². The van der Waals surface area contributed by atoms with Crippen LogP contribution in [0.15, 0.2) is 30.5 Å². The van der Waals surface area contributed by atoms with E-state index in [9.17, 15) is 22.8 Å². The number of anilines is 1. The molecule has 0 aliphatic heterocycles. The molecular formula is C16H17F3N4O3. The third-order valence-electron chi connectivity index (χ3n) is 3.30. The van der Waals surface area contributed by atoms with Gasteiger partial charge in [-0.25, -0.2) is 0 Å². The number of halogens is 3. The molecule has 0 fully saturated rings. The maximum absolute atomic E-state index is 12.2. The van der Waals surface area contributed by atoms with Gasteiger partial charge in [0.15, 0.2) is 0 Å². The lowest BCUT2D eigenvalue weighted by molar-refractivity contribution is -0.138. The lowest BCUT2D eigenvalue weighted by Crippen LogP contribution is -2.34. The van der Waals surface area contributed by atoms with Gasteiger partial charge < -0.3 is 15.4 Å². The Hall–Kier alpha value is -3.04. The predicted molar refractivity (Wildman–Crippen MR) is 86.9 cm³/mol. The van der Waals surface area contributed by atoms with Gasteiger partial charge in [0.1, 0.15) is 12.1 Å². The Bertz CT molecular complexity index is 785. The third kappa shape index (κ3) is 5.50. The molecule has 1 aromatic carbocycles. The topological polar surface area (TPSA) is 85.2 Å². The van der Waals surface area contributed by atoms with Gasteiger partial charge in [-0.15, -0.1) is 5.10 Å². The molecule has 26 heavy (non-hydrogen) atoms. The molecule has 0 bridgehead atoms. The fourth-order valence-electron chi connectivity index (χ4n) is 2.13. The Morgan fingerprint density at radius 3 is 2.46 bits per heavy atom. The largest absolute Gasteiger partial charge is 0.479 e. The van der Waals surface area contributed by atoms with Gasteiger partial charge in [-0.3, -0.25) is 14.3 Å². The second-order valence-corrected chi connectivity index (χ2v) is 5.45. The number of carbonyl (C=O) groups excluding carboxylic acids is 2. The quantitative estimate of drug-likeness (QED) is 0.813. The SMILES string of the molecule is COc1nn(C)cc1C(=O)Nc1ccc(CC(=O)NCC(F)(F)F)cc1. The molecular weight excluding hydrogens is 353 g/mol. The zero-order valence-corrected chi connectivity index (χ0v) is 14.1. The highest BCUT2D eigenvalue weighted by molar-refractivity contribution is 6.05. The molecule has 0 aliphatic carbocycles. The van der Waals surface area contributed by atoms with Crippen molar-refractivity contribution in [2.45, 2.75) is 12.6 Å². The number of methoxy groups -OCH3 is 1. The molecule has 0 unspecified atom stereocenters. The first-order valence-corrected chi connectivity index (χ1v) is 7.49. The number of benzene rings is 1. The van der Waals surface area contributed by atoms with Crippen LogP contribution >= 0.6 is 0 Å². The van der Waals surface area contributed by atoms with E-state index in [-0.39, 0.29) is 17.9 Å². The Morgan fingerprint density at radius 2 is 1.88 bits per heavy atom. The molecule has 140 valence electrons. The molecule has 2 aromatic rings. The number of aryl methyl sites for hydroxylation is 1. The molecule has 7 nitrogen and oxygen atoms in total. The molecule has 0 aliphatic rings. The average Bonchev–Trinajstić information content (AvgIpc) is 2.95. The summed E-state index contributed by atoms with van der Waals surface area (Å²) in [4.78, 5) is 23.7. The van der Waals surface area contributed by atoms with Crippen LogP contribution in [0.25, 0.3) is 0 Å². The van der Waals surface area contributed by atoms with E-state index in [1.54, 1.807) is 36.6 Å². The van der Waals surface area contributed by atoms with Gasteiger partial charge in [0.25, 0.3) is 5.91 Å². The monoisotopic (exact) mass is 370 g/mol. The van der Waals surface area contributed by atoms with E-state index < -0.39 is 24.5 Å². The average molecular weight is 370 g/mol. The van der Waals surface area contributed by atoms with Gasteiger partial charge in [-0.05, 0) is 17.7 Å². The summed E-state index contributed by atoms with van der Waals surface area (Å²) in [5, 5.41) is 8.43. The molecule has 2 rings (SSSR count). The lowest BCUT2D eigenvalue weighted by atomic mass is 10.1. The maximum atomic E-state index is 12.2. The van der Waals surface area contributed by atoms with Crippen LogP contribution in [0.1, 0.15) is 15.9 Å². The molecule has 0 saturated carbocycles. The lowest BCUT2D eigenvalue weighted by Gasteiger charge is -2.09. The summed E-state index contributed by atoms with van der Waals surface area (Å²) in [6, 6.07) is 6.19. The fraction of sp³-hybridized carbons (Fsp3) is 0.312. The van der Waals surface area contributed by atoms with Crippen LogP contribution in [0.4, 0.5) is 18.9 Å². The summed E-state index contributed by atoms with van der Waals surface area (Å²) >= 11 is 0. The second-order valence-electron chi connectivity index (χ2n) is 5.45. The minimum Gasteiger partial charge on any atom is -0.479 e. The number of ether oxygens (including phenoxy) is 1. The second kappa shape index (κ2) is 7.89. The van der Waals surface area contributed by atoms with Crippen molar-refractivity contribution in [3.63, 3.8) is 0 Å². The smallest absolute Gasteiger partial charge is 0.405 e. The summed E-state index contributed by atoms with van der Waals surface area (Å²) in [7, 11) is 3.05. The standard InChI is InChI=1S/C16H17F3N4O3/c1-23-8-12(15(22-23)26-2)14(25)21-11-5-3-10(4-6-11)7-13(24)20-9-16(17,18)19/h3-6,8H,7,9H2,1-2H3,(H,20,24)(H,21,25). The number of hydrogen-bond acceptors (Lipinski definition) is 4. The normalized spacial score (nSPS) is 11.1. The number of nitrogens with one attached hydrogen (secondary N) is 2. The fourth-order valence-corrected chi connectivity index (χ4v) is 2.13. The molecule has 0 saturated heterocycles. The number of nitrogens with zero attached hydrogens (tertiary/aromatic N) is 2. The van der Waals surface area contributed by atoms with Crippen LogP contribution in [0.2, 0.25) is 0 Å². The third-order valence-corrected chi connectivity index (χ3v) is 3.30. The molecule has 0 radical (unpaired) electrons. The Balaban J connectivity index is 1.94.